The van der Waals surface area contributed by atoms with Crippen molar-refractivity contribution in [3.63, 3.8) is 0 Å². The molecule has 0 radical (unpaired) electrons. The summed E-state index contributed by atoms with van der Waals surface area (Å²) >= 11 is 0. The summed E-state index contributed by atoms with van der Waals surface area (Å²) in [4.78, 5) is 2.54. The average Bonchev–Trinajstić information content (AvgIpc) is 2.37. The molecule has 0 aromatic carbocycles. The minimum Gasteiger partial charge on any atom is -0.396 e. The van der Waals surface area contributed by atoms with Crippen LogP contribution in [0.3, 0.4) is 0 Å². The molecule has 0 saturated carbocycles. The predicted molar refractivity (Wildman–Crippen MR) is 69.9 cm³/mol. The van der Waals surface area contributed by atoms with E-state index in [2.05, 4.69) is 17.1 Å². The lowest BCUT2D eigenvalue weighted by Gasteiger charge is -2.54. The number of hydrogen-bond acceptors (Lipinski definition) is 4. The highest BCUT2D eigenvalue weighted by molar-refractivity contribution is 5.05. The van der Waals surface area contributed by atoms with E-state index < -0.39 is 0 Å². The fraction of sp³-hybridized carbons (Fsp3) is 1.00. The number of aliphatic hydroxyl groups excluding tert-OH is 1. The van der Waals surface area contributed by atoms with Crippen LogP contribution in [0.25, 0.3) is 0 Å². The number of fused-ring (bicyclic) bond motifs is 3. The lowest BCUT2D eigenvalue weighted by Crippen LogP contribution is -2.70. The highest BCUT2D eigenvalue weighted by Gasteiger charge is 2.45. The molecular formula is C13H27N3O. The van der Waals surface area contributed by atoms with E-state index in [0.29, 0.717) is 6.04 Å². The maximum absolute atomic E-state index is 8.89. The van der Waals surface area contributed by atoms with Gasteiger partial charge >= 0.3 is 0 Å². The van der Waals surface area contributed by atoms with Gasteiger partial charge in [-0.3, -0.25) is 0 Å². The first-order valence-electron chi connectivity index (χ1n) is 7.01. The van der Waals surface area contributed by atoms with Crippen LogP contribution in [-0.2, 0) is 0 Å². The van der Waals surface area contributed by atoms with Crippen LogP contribution in [0.5, 0.6) is 0 Å². The lowest BCUT2D eigenvalue weighted by molar-refractivity contribution is 0.00457. The number of rotatable bonds is 6. The van der Waals surface area contributed by atoms with Crippen LogP contribution < -0.4 is 11.1 Å². The largest absolute Gasteiger partial charge is 0.396 e. The Morgan fingerprint density at radius 2 is 2.18 bits per heavy atom. The third-order valence-corrected chi connectivity index (χ3v) is 4.57. The summed E-state index contributed by atoms with van der Waals surface area (Å²) in [5.74, 6) is 0.745. The van der Waals surface area contributed by atoms with Gasteiger partial charge in [0.15, 0.2) is 0 Å². The van der Waals surface area contributed by atoms with Gasteiger partial charge in [0.05, 0.1) is 0 Å². The van der Waals surface area contributed by atoms with E-state index in [0.717, 1.165) is 31.8 Å². The molecule has 2 bridgehead atoms. The second-order valence-electron chi connectivity index (χ2n) is 5.82. The molecular weight excluding hydrogens is 214 g/mol. The summed E-state index contributed by atoms with van der Waals surface area (Å²) in [6.45, 7) is 6.84. The van der Waals surface area contributed by atoms with Crippen molar-refractivity contribution in [2.24, 2.45) is 11.7 Å². The zero-order valence-electron chi connectivity index (χ0n) is 11.0. The first kappa shape index (κ1) is 13.3. The zero-order valence-corrected chi connectivity index (χ0v) is 11.0. The van der Waals surface area contributed by atoms with Crippen LogP contribution in [-0.4, -0.2) is 54.4 Å². The number of piperidine rings is 3. The van der Waals surface area contributed by atoms with Gasteiger partial charge in [0.1, 0.15) is 0 Å². The molecule has 100 valence electrons. The van der Waals surface area contributed by atoms with E-state index in [4.69, 9.17) is 10.8 Å². The molecule has 0 spiro atoms. The van der Waals surface area contributed by atoms with Crippen molar-refractivity contribution in [1.29, 1.82) is 0 Å². The van der Waals surface area contributed by atoms with Crippen molar-refractivity contribution in [3.8, 4) is 0 Å². The summed E-state index contributed by atoms with van der Waals surface area (Å²) in [5, 5.41) is 12.7. The molecule has 3 rings (SSSR count). The van der Waals surface area contributed by atoms with Crippen LogP contribution in [0.1, 0.15) is 32.6 Å². The van der Waals surface area contributed by atoms with Gasteiger partial charge < -0.3 is 21.1 Å². The smallest absolute Gasteiger partial charge is 0.0464 e. The first-order valence-corrected chi connectivity index (χ1v) is 7.01. The van der Waals surface area contributed by atoms with Crippen LogP contribution in [0.2, 0.25) is 0 Å². The molecule has 4 heteroatoms. The number of nitrogens with two attached hydrogens (primary N) is 1. The number of aliphatic hydroxyl groups is 1. The summed E-state index contributed by atoms with van der Waals surface area (Å²) in [7, 11) is 0. The monoisotopic (exact) mass is 241 g/mol. The van der Waals surface area contributed by atoms with Crippen molar-refractivity contribution in [2.45, 2.75) is 44.2 Å². The maximum atomic E-state index is 8.89. The molecule has 4 nitrogen and oxygen atoms in total. The van der Waals surface area contributed by atoms with E-state index in [9.17, 15) is 0 Å². The summed E-state index contributed by atoms with van der Waals surface area (Å²) < 4.78 is 0. The minimum atomic E-state index is 0.130. The lowest BCUT2D eigenvalue weighted by atomic mass is 9.72. The first-order chi connectivity index (χ1) is 8.20. The number of hydrogen-bond donors (Lipinski definition) is 3. The van der Waals surface area contributed by atoms with Crippen molar-refractivity contribution in [3.05, 3.63) is 0 Å². The van der Waals surface area contributed by atoms with Crippen molar-refractivity contribution in [1.82, 2.24) is 10.2 Å². The normalized spacial score (nSPS) is 38.3. The molecule has 0 amide bonds. The predicted octanol–water partition coefficient (Wildman–Crippen LogP) is 0.160. The molecule has 3 heterocycles. The Balaban J connectivity index is 1.95. The average molecular weight is 241 g/mol. The molecule has 3 aliphatic rings. The van der Waals surface area contributed by atoms with Gasteiger partial charge in [-0.05, 0) is 51.6 Å². The van der Waals surface area contributed by atoms with Crippen LogP contribution in [0, 0.1) is 5.92 Å². The van der Waals surface area contributed by atoms with Crippen molar-refractivity contribution >= 4 is 0 Å². The van der Waals surface area contributed by atoms with Gasteiger partial charge in [0, 0.05) is 31.3 Å². The van der Waals surface area contributed by atoms with E-state index in [-0.39, 0.29) is 12.1 Å². The summed E-state index contributed by atoms with van der Waals surface area (Å²) in [6.07, 6.45) is 4.49. The van der Waals surface area contributed by atoms with Gasteiger partial charge in [-0.25, -0.2) is 0 Å². The molecule has 0 aromatic heterocycles. The molecule has 2 atom stereocenters. The van der Waals surface area contributed by atoms with Gasteiger partial charge in [0.2, 0.25) is 0 Å². The van der Waals surface area contributed by atoms with Crippen LogP contribution >= 0.6 is 0 Å². The zero-order chi connectivity index (χ0) is 12.3. The Labute approximate surface area is 105 Å². The SMILES string of the molecule is CC(CCCO)NC1(CN)CN2CCC1CC2. The Morgan fingerprint density at radius 3 is 2.65 bits per heavy atom. The van der Waals surface area contributed by atoms with Crippen LogP contribution in [0.15, 0.2) is 0 Å². The highest BCUT2D eigenvalue weighted by atomic mass is 16.2. The molecule has 0 aromatic rings. The fourth-order valence-corrected chi connectivity index (χ4v) is 3.59. The summed E-state index contributed by atoms with van der Waals surface area (Å²) in [5.41, 5.74) is 6.19. The topological polar surface area (TPSA) is 61.5 Å². The van der Waals surface area contributed by atoms with E-state index in [1.807, 2.05) is 0 Å². The standard InChI is InChI=1S/C13H27N3O/c1-11(3-2-8-17)15-13(9-14)10-16-6-4-12(13)5-7-16/h11-12,15,17H,2-10,14H2,1H3. The molecule has 4 N–H and O–H groups in total. The number of nitrogens with zero attached hydrogens (tertiary/aromatic N) is 1. The van der Waals surface area contributed by atoms with E-state index in [1.54, 1.807) is 0 Å². The van der Waals surface area contributed by atoms with Gasteiger partial charge in [-0.1, -0.05) is 0 Å². The quantitative estimate of drug-likeness (QED) is 0.620. The van der Waals surface area contributed by atoms with E-state index >= 15 is 0 Å². The molecule has 3 saturated heterocycles. The molecule has 3 fully saturated rings. The third kappa shape index (κ3) is 2.81. The van der Waals surface area contributed by atoms with Crippen LogP contribution in [0.4, 0.5) is 0 Å². The number of nitrogens with one attached hydrogen (secondary N) is 1. The molecule has 2 unspecified atom stereocenters. The highest BCUT2D eigenvalue weighted by Crippen LogP contribution is 2.35. The second-order valence-corrected chi connectivity index (χ2v) is 5.82. The Hall–Kier alpha value is -0.160. The van der Waals surface area contributed by atoms with Crippen molar-refractivity contribution in [2.75, 3.05) is 32.8 Å². The Kier molecular flexibility index (Phi) is 4.42. The van der Waals surface area contributed by atoms with Crippen molar-refractivity contribution < 1.29 is 5.11 Å². The fourth-order valence-electron chi connectivity index (χ4n) is 3.59. The molecule has 0 aliphatic carbocycles. The molecule has 3 aliphatic heterocycles. The maximum Gasteiger partial charge on any atom is 0.0464 e. The Bertz CT molecular complexity index is 241. The van der Waals surface area contributed by atoms with Gasteiger partial charge in [0.25, 0.3) is 0 Å². The van der Waals surface area contributed by atoms with E-state index in [1.165, 1.54) is 25.9 Å². The second kappa shape index (κ2) is 5.65. The Morgan fingerprint density at radius 1 is 1.47 bits per heavy atom. The summed E-state index contributed by atoms with van der Waals surface area (Å²) in [6, 6.07) is 0.450. The minimum absolute atomic E-state index is 0.130. The third-order valence-electron chi connectivity index (χ3n) is 4.57. The van der Waals surface area contributed by atoms with Gasteiger partial charge in [-0.2, -0.15) is 0 Å². The molecule has 17 heavy (non-hydrogen) atoms. The van der Waals surface area contributed by atoms with Gasteiger partial charge in [-0.15, -0.1) is 0 Å².